The van der Waals surface area contributed by atoms with Crippen LogP contribution in [0.2, 0.25) is 0 Å². The number of aromatic nitrogens is 3. The van der Waals surface area contributed by atoms with Crippen LogP contribution in [0.4, 0.5) is 0 Å². The first kappa shape index (κ1) is 19.3. The third-order valence-corrected chi connectivity index (χ3v) is 4.49. The van der Waals surface area contributed by atoms with Gasteiger partial charge < -0.3 is 9.47 Å². The first-order valence-electron chi connectivity index (χ1n) is 8.82. The van der Waals surface area contributed by atoms with Crippen molar-refractivity contribution in [1.82, 2.24) is 14.1 Å². The number of pyridine rings is 1. The molecule has 0 fully saturated rings. The first-order chi connectivity index (χ1) is 13.5. The van der Waals surface area contributed by atoms with Crippen molar-refractivity contribution in [3.8, 4) is 5.75 Å². The van der Waals surface area contributed by atoms with E-state index in [0.717, 1.165) is 15.7 Å². The highest BCUT2D eigenvalue weighted by Gasteiger charge is 2.20. The summed E-state index contributed by atoms with van der Waals surface area (Å²) in [4.78, 5) is 42.1. The van der Waals surface area contributed by atoms with Gasteiger partial charge in [0.05, 0.1) is 7.11 Å². The number of methoxy groups -OCH3 is 1. The summed E-state index contributed by atoms with van der Waals surface area (Å²) >= 11 is 0. The number of aryl methyl sites for hydroxylation is 2. The molecule has 8 nitrogen and oxygen atoms in total. The van der Waals surface area contributed by atoms with Gasteiger partial charge in [0.15, 0.2) is 5.65 Å². The van der Waals surface area contributed by atoms with Gasteiger partial charge in [-0.15, -0.1) is 0 Å². The molecule has 0 atom stereocenters. The lowest BCUT2D eigenvalue weighted by atomic mass is 10.1. The molecule has 0 spiro atoms. The standard InChI is InChI=1S/C20H21N3O5/c1-4-14-10-21-18-16(17(14)27-3)19(25)23(20(26)22(18)2)11-15(24)28-12-13-8-6-5-7-9-13/h5-10H,4,11-12H2,1-3H3. The lowest BCUT2D eigenvalue weighted by Crippen LogP contribution is -2.41. The maximum Gasteiger partial charge on any atom is 0.332 e. The molecule has 0 N–H and O–H groups in total. The van der Waals surface area contributed by atoms with Gasteiger partial charge in [0.1, 0.15) is 24.3 Å². The Morgan fingerprint density at radius 2 is 1.89 bits per heavy atom. The van der Waals surface area contributed by atoms with Gasteiger partial charge in [-0.2, -0.15) is 0 Å². The largest absolute Gasteiger partial charge is 0.495 e. The average Bonchev–Trinajstić information content (AvgIpc) is 2.73. The number of fused-ring (bicyclic) bond motifs is 1. The van der Waals surface area contributed by atoms with Crippen molar-refractivity contribution in [3.05, 3.63) is 68.5 Å². The highest BCUT2D eigenvalue weighted by Crippen LogP contribution is 2.24. The minimum atomic E-state index is -0.680. The fourth-order valence-corrected chi connectivity index (χ4v) is 3.00. The van der Waals surface area contributed by atoms with Crippen LogP contribution < -0.4 is 16.0 Å². The molecule has 0 aliphatic rings. The monoisotopic (exact) mass is 383 g/mol. The second-order valence-corrected chi connectivity index (χ2v) is 6.25. The summed E-state index contributed by atoms with van der Waals surface area (Å²) in [7, 11) is 2.95. The van der Waals surface area contributed by atoms with E-state index in [1.54, 1.807) is 6.20 Å². The van der Waals surface area contributed by atoms with Crippen molar-refractivity contribution in [2.75, 3.05) is 7.11 Å². The van der Waals surface area contributed by atoms with E-state index in [-0.39, 0.29) is 17.6 Å². The Kier molecular flexibility index (Phi) is 5.58. The highest BCUT2D eigenvalue weighted by molar-refractivity contribution is 5.83. The Morgan fingerprint density at radius 3 is 2.54 bits per heavy atom. The molecular formula is C20H21N3O5. The van der Waals surface area contributed by atoms with Crippen LogP contribution in [0, 0.1) is 0 Å². The maximum absolute atomic E-state index is 13.0. The van der Waals surface area contributed by atoms with Gasteiger partial charge in [0.25, 0.3) is 5.56 Å². The third-order valence-electron chi connectivity index (χ3n) is 4.49. The van der Waals surface area contributed by atoms with Gasteiger partial charge in [-0.3, -0.25) is 14.2 Å². The van der Waals surface area contributed by atoms with Crippen LogP contribution in [0.15, 0.2) is 46.1 Å². The topological polar surface area (TPSA) is 92.4 Å². The highest BCUT2D eigenvalue weighted by atomic mass is 16.5. The lowest BCUT2D eigenvalue weighted by molar-refractivity contribution is -0.145. The number of hydrogen-bond donors (Lipinski definition) is 0. The van der Waals surface area contributed by atoms with Crippen LogP contribution >= 0.6 is 0 Å². The first-order valence-corrected chi connectivity index (χ1v) is 8.82. The summed E-state index contributed by atoms with van der Waals surface area (Å²) in [5.74, 6) is -0.319. The molecule has 0 aliphatic carbocycles. The summed E-state index contributed by atoms with van der Waals surface area (Å²) in [6.07, 6.45) is 2.19. The van der Waals surface area contributed by atoms with E-state index in [0.29, 0.717) is 12.2 Å². The number of rotatable bonds is 6. The molecule has 2 heterocycles. The van der Waals surface area contributed by atoms with E-state index < -0.39 is 23.8 Å². The predicted molar refractivity (Wildman–Crippen MR) is 103 cm³/mol. The number of benzene rings is 1. The summed E-state index contributed by atoms with van der Waals surface area (Å²) in [5.41, 5.74) is 0.484. The normalized spacial score (nSPS) is 10.8. The molecule has 3 aromatic rings. The molecule has 3 rings (SSSR count). The van der Waals surface area contributed by atoms with E-state index in [4.69, 9.17) is 9.47 Å². The molecule has 146 valence electrons. The van der Waals surface area contributed by atoms with Crippen LogP contribution in [0.3, 0.4) is 0 Å². The number of esters is 1. The fourth-order valence-electron chi connectivity index (χ4n) is 3.00. The molecular weight excluding hydrogens is 362 g/mol. The predicted octanol–water partition coefficient (Wildman–Crippen LogP) is 1.41. The van der Waals surface area contributed by atoms with Crippen LogP contribution in [0.1, 0.15) is 18.1 Å². The van der Waals surface area contributed by atoms with Gasteiger partial charge in [-0.05, 0) is 12.0 Å². The molecule has 0 radical (unpaired) electrons. The fraction of sp³-hybridized carbons (Fsp3) is 0.300. The summed E-state index contributed by atoms with van der Waals surface area (Å²) < 4.78 is 12.7. The van der Waals surface area contributed by atoms with Crippen LogP contribution in [0.25, 0.3) is 11.0 Å². The van der Waals surface area contributed by atoms with E-state index >= 15 is 0 Å². The molecule has 0 saturated carbocycles. The van der Waals surface area contributed by atoms with Gasteiger partial charge in [0.2, 0.25) is 0 Å². The second-order valence-electron chi connectivity index (χ2n) is 6.25. The molecule has 0 unspecified atom stereocenters. The summed E-state index contributed by atoms with van der Waals surface area (Å²) in [5, 5.41) is 0.166. The second kappa shape index (κ2) is 8.08. The van der Waals surface area contributed by atoms with Crippen molar-refractivity contribution in [1.29, 1.82) is 0 Å². The number of carbonyl (C=O) groups excluding carboxylic acids is 1. The Balaban J connectivity index is 2.00. The number of ether oxygens (including phenoxy) is 2. The average molecular weight is 383 g/mol. The zero-order valence-corrected chi connectivity index (χ0v) is 16.0. The van der Waals surface area contributed by atoms with Gasteiger partial charge in [0, 0.05) is 18.8 Å². The Labute approximate surface area is 161 Å². The third kappa shape index (κ3) is 3.53. The SMILES string of the molecule is CCc1cnc2c(c1OC)c(=O)n(CC(=O)OCc1ccccc1)c(=O)n2C. The Morgan fingerprint density at radius 1 is 1.18 bits per heavy atom. The van der Waals surface area contributed by atoms with Gasteiger partial charge >= 0.3 is 11.7 Å². The molecule has 8 heteroatoms. The van der Waals surface area contributed by atoms with E-state index in [2.05, 4.69) is 4.98 Å². The maximum atomic E-state index is 13.0. The molecule has 28 heavy (non-hydrogen) atoms. The van der Waals surface area contributed by atoms with Crippen LogP contribution in [0.5, 0.6) is 5.75 Å². The smallest absolute Gasteiger partial charge is 0.332 e. The molecule has 1 aromatic carbocycles. The van der Waals surface area contributed by atoms with Gasteiger partial charge in [-0.1, -0.05) is 37.3 Å². The van der Waals surface area contributed by atoms with Crippen LogP contribution in [-0.4, -0.2) is 27.2 Å². The number of hydrogen-bond acceptors (Lipinski definition) is 6. The van der Waals surface area contributed by atoms with Crippen molar-refractivity contribution in [2.24, 2.45) is 7.05 Å². The zero-order valence-electron chi connectivity index (χ0n) is 16.0. The summed E-state index contributed by atoms with van der Waals surface area (Å²) in [6, 6.07) is 9.15. The molecule has 0 saturated heterocycles. The van der Waals surface area contributed by atoms with E-state index in [1.807, 2.05) is 37.3 Å². The van der Waals surface area contributed by atoms with Crippen molar-refractivity contribution in [2.45, 2.75) is 26.5 Å². The van der Waals surface area contributed by atoms with Crippen molar-refractivity contribution < 1.29 is 14.3 Å². The Hall–Kier alpha value is -3.42. The van der Waals surface area contributed by atoms with Crippen LogP contribution in [-0.2, 0) is 36.2 Å². The van der Waals surface area contributed by atoms with E-state index in [9.17, 15) is 14.4 Å². The minimum Gasteiger partial charge on any atom is -0.495 e. The minimum absolute atomic E-state index is 0.0627. The molecule has 0 aliphatic heterocycles. The molecule has 2 aromatic heterocycles. The quantitative estimate of drug-likeness (QED) is 0.598. The molecule has 0 bridgehead atoms. The van der Waals surface area contributed by atoms with Gasteiger partial charge in [-0.25, -0.2) is 14.3 Å². The lowest BCUT2D eigenvalue weighted by Gasteiger charge is -2.14. The van der Waals surface area contributed by atoms with E-state index in [1.165, 1.54) is 18.7 Å². The summed E-state index contributed by atoms with van der Waals surface area (Å²) in [6.45, 7) is 1.48. The number of carbonyl (C=O) groups is 1. The number of nitrogens with zero attached hydrogens (tertiary/aromatic N) is 3. The Bertz CT molecular complexity index is 1130. The zero-order chi connectivity index (χ0) is 20.3. The van der Waals surface area contributed by atoms with Crippen molar-refractivity contribution in [3.63, 3.8) is 0 Å². The molecule has 0 amide bonds. The van der Waals surface area contributed by atoms with Crippen molar-refractivity contribution >= 4 is 17.0 Å².